The number of hydrogen-bond donors (Lipinski definition) is 2. The molecule has 1 saturated heterocycles. The van der Waals surface area contributed by atoms with E-state index in [2.05, 4.69) is 10.4 Å². The second-order valence-electron chi connectivity index (χ2n) is 7.59. The van der Waals surface area contributed by atoms with Crippen molar-refractivity contribution in [3.63, 3.8) is 0 Å². The Bertz CT molecular complexity index is 937. The molecule has 0 unspecified atom stereocenters. The van der Waals surface area contributed by atoms with E-state index in [-0.39, 0.29) is 34.7 Å². The molecule has 1 aromatic carbocycles. The molecule has 144 valence electrons. The highest BCUT2D eigenvalue weighted by atomic mass is 32.2. The maximum absolute atomic E-state index is 14.4. The highest BCUT2D eigenvalue weighted by Crippen LogP contribution is 2.42. The molecule has 1 fully saturated rings. The molecule has 6 nitrogen and oxygen atoms in total. The number of nitrogens with one attached hydrogen (secondary N) is 2. The van der Waals surface area contributed by atoms with Gasteiger partial charge in [0, 0.05) is 12.2 Å². The van der Waals surface area contributed by atoms with Crippen molar-refractivity contribution in [3.8, 4) is 0 Å². The van der Waals surface area contributed by atoms with Crippen LogP contribution < -0.4 is 10.9 Å². The van der Waals surface area contributed by atoms with Gasteiger partial charge < -0.3 is 10.1 Å². The number of amides is 1. The quantitative estimate of drug-likeness (QED) is 0.824. The van der Waals surface area contributed by atoms with E-state index in [0.29, 0.717) is 30.0 Å². The van der Waals surface area contributed by atoms with Gasteiger partial charge in [0.2, 0.25) is 5.91 Å². The molecule has 27 heavy (non-hydrogen) atoms. The predicted octanol–water partition coefficient (Wildman–Crippen LogP) is 3.22. The summed E-state index contributed by atoms with van der Waals surface area (Å²) in [6.45, 7) is 4.60. The minimum Gasteiger partial charge on any atom is -0.375 e. The summed E-state index contributed by atoms with van der Waals surface area (Å²) in [6, 6.07) is 6.40. The average Bonchev–Trinajstić information content (AvgIpc) is 2.81. The van der Waals surface area contributed by atoms with Gasteiger partial charge in [-0.15, -0.1) is 11.8 Å². The van der Waals surface area contributed by atoms with Crippen molar-refractivity contribution in [2.45, 2.75) is 43.6 Å². The lowest BCUT2D eigenvalue weighted by Crippen LogP contribution is -2.36. The molecule has 0 bridgehead atoms. The fourth-order valence-corrected chi connectivity index (χ4v) is 5.02. The molecule has 4 rings (SSSR count). The van der Waals surface area contributed by atoms with Gasteiger partial charge in [-0.05, 0) is 32.8 Å². The van der Waals surface area contributed by atoms with Gasteiger partial charge >= 0.3 is 0 Å². The van der Waals surface area contributed by atoms with Crippen LogP contribution in [0.2, 0.25) is 0 Å². The molecule has 0 spiro atoms. The van der Waals surface area contributed by atoms with Crippen LogP contribution >= 0.6 is 11.8 Å². The van der Waals surface area contributed by atoms with E-state index < -0.39 is 5.25 Å². The summed E-state index contributed by atoms with van der Waals surface area (Å²) in [5.74, 6) is 0.0339. The Labute approximate surface area is 160 Å². The summed E-state index contributed by atoms with van der Waals surface area (Å²) in [7, 11) is 0. The Morgan fingerprint density at radius 3 is 2.81 bits per heavy atom. The van der Waals surface area contributed by atoms with Gasteiger partial charge in [-0.3, -0.25) is 19.4 Å². The molecule has 2 aliphatic heterocycles. The SMILES string of the molecule is CC1(C)C[C@@H](n2[nH]c(=O)c3c2NC(=O)CS[C@H]3c2ccccc2F)CCO1. The van der Waals surface area contributed by atoms with Crippen LogP contribution in [-0.2, 0) is 9.53 Å². The summed E-state index contributed by atoms with van der Waals surface area (Å²) >= 11 is 1.27. The van der Waals surface area contributed by atoms with E-state index in [9.17, 15) is 14.0 Å². The predicted molar refractivity (Wildman–Crippen MR) is 103 cm³/mol. The number of aromatic amines is 1. The van der Waals surface area contributed by atoms with Crippen molar-refractivity contribution in [2.24, 2.45) is 0 Å². The van der Waals surface area contributed by atoms with Crippen molar-refractivity contribution in [1.29, 1.82) is 0 Å². The van der Waals surface area contributed by atoms with E-state index in [1.165, 1.54) is 17.8 Å². The Morgan fingerprint density at radius 1 is 1.30 bits per heavy atom. The molecule has 1 amide bonds. The maximum atomic E-state index is 14.4. The van der Waals surface area contributed by atoms with E-state index in [1.807, 2.05) is 13.8 Å². The molecule has 0 aliphatic carbocycles. The zero-order valence-corrected chi connectivity index (χ0v) is 16.1. The molecule has 0 saturated carbocycles. The fourth-order valence-electron chi connectivity index (χ4n) is 3.87. The summed E-state index contributed by atoms with van der Waals surface area (Å²) in [5, 5.41) is 5.21. The molecule has 0 radical (unpaired) electrons. The van der Waals surface area contributed by atoms with Crippen LogP contribution in [0.25, 0.3) is 0 Å². The number of benzene rings is 1. The van der Waals surface area contributed by atoms with Gasteiger partial charge in [-0.2, -0.15) is 0 Å². The molecule has 1 aromatic heterocycles. The third-order valence-electron chi connectivity index (χ3n) is 5.09. The number of anilines is 1. The van der Waals surface area contributed by atoms with Gasteiger partial charge in [-0.1, -0.05) is 18.2 Å². The highest BCUT2D eigenvalue weighted by Gasteiger charge is 2.36. The fraction of sp³-hybridized carbons (Fsp3) is 0.474. The number of nitrogens with zero attached hydrogens (tertiary/aromatic N) is 1. The number of H-pyrrole nitrogens is 1. The third kappa shape index (κ3) is 3.43. The van der Waals surface area contributed by atoms with Crippen molar-refractivity contribution >= 4 is 23.5 Å². The first-order valence-corrected chi connectivity index (χ1v) is 10.0. The molecule has 2 aliphatic rings. The van der Waals surface area contributed by atoms with Crippen molar-refractivity contribution in [2.75, 3.05) is 17.7 Å². The average molecular weight is 391 g/mol. The van der Waals surface area contributed by atoms with Gasteiger partial charge in [0.1, 0.15) is 11.6 Å². The number of rotatable bonds is 2. The number of halogens is 1. The Morgan fingerprint density at radius 2 is 2.07 bits per heavy atom. The number of aromatic nitrogens is 2. The van der Waals surface area contributed by atoms with Crippen LogP contribution in [0.15, 0.2) is 29.1 Å². The second kappa shape index (κ2) is 6.83. The summed E-state index contributed by atoms with van der Waals surface area (Å²) in [5.41, 5.74) is 0.207. The van der Waals surface area contributed by atoms with Gasteiger partial charge in [0.05, 0.1) is 28.2 Å². The second-order valence-corrected chi connectivity index (χ2v) is 8.68. The normalized spacial score (nSPS) is 24.8. The summed E-state index contributed by atoms with van der Waals surface area (Å²) in [6.07, 6.45) is 1.44. The first kappa shape index (κ1) is 18.3. The third-order valence-corrected chi connectivity index (χ3v) is 6.34. The number of ether oxygens (including phenoxy) is 1. The van der Waals surface area contributed by atoms with E-state index in [4.69, 9.17) is 4.74 Å². The minimum absolute atomic E-state index is 0.00475. The van der Waals surface area contributed by atoms with Gasteiger partial charge in [-0.25, -0.2) is 4.39 Å². The Hall–Kier alpha value is -2.06. The standard InChI is InChI=1S/C19H22FN3O3S/c1-19(2)9-11(7-8-26-19)23-17-15(18(25)22-23)16(27-10-14(24)21-17)12-5-3-4-6-13(12)20/h3-6,11,16H,7-10H2,1-2H3,(H,21,24)(H,22,25)/t11-,16-/m0/s1. The van der Waals surface area contributed by atoms with Crippen molar-refractivity contribution in [1.82, 2.24) is 9.78 Å². The van der Waals surface area contributed by atoms with Crippen LogP contribution in [0.4, 0.5) is 10.2 Å². The lowest BCUT2D eigenvalue weighted by Gasteiger charge is -2.36. The molecule has 3 heterocycles. The van der Waals surface area contributed by atoms with Crippen molar-refractivity contribution in [3.05, 3.63) is 51.6 Å². The number of thioether (sulfide) groups is 1. The first-order valence-electron chi connectivity index (χ1n) is 9.00. The van der Waals surface area contributed by atoms with Crippen LogP contribution in [0.1, 0.15) is 49.1 Å². The number of carbonyl (C=O) groups excluding carboxylic acids is 1. The first-order chi connectivity index (χ1) is 12.9. The van der Waals surface area contributed by atoms with E-state index in [0.717, 1.165) is 6.42 Å². The van der Waals surface area contributed by atoms with Crippen LogP contribution in [0.5, 0.6) is 0 Å². The zero-order chi connectivity index (χ0) is 19.2. The number of carbonyl (C=O) groups is 1. The topological polar surface area (TPSA) is 76.1 Å². The van der Waals surface area contributed by atoms with Gasteiger partial charge in [0.25, 0.3) is 5.56 Å². The molecule has 2 aromatic rings. The van der Waals surface area contributed by atoms with Crippen molar-refractivity contribution < 1.29 is 13.9 Å². The lowest BCUT2D eigenvalue weighted by molar-refractivity contribution is -0.113. The van der Waals surface area contributed by atoms with Crippen LogP contribution in [0.3, 0.4) is 0 Å². The summed E-state index contributed by atoms with van der Waals surface area (Å²) in [4.78, 5) is 25.1. The van der Waals surface area contributed by atoms with Crippen LogP contribution in [-0.4, -0.2) is 33.6 Å². The monoisotopic (exact) mass is 391 g/mol. The van der Waals surface area contributed by atoms with E-state index in [1.54, 1.807) is 22.9 Å². The van der Waals surface area contributed by atoms with E-state index >= 15 is 0 Å². The highest BCUT2D eigenvalue weighted by molar-refractivity contribution is 8.00. The Kier molecular flexibility index (Phi) is 4.63. The molecular weight excluding hydrogens is 369 g/mol. The smallest absolute Gasteiger partial charge is 0.270 e. The van der Waals surface area contributed by atoms with Crippen LogP contribution in [0, 0.1) is 5.82 Å². The maximum Gasteiger partial charge on any atom is 0.270 e. The largest absolute Gasteiger partial charge is 0.375 e. The minimum atomic E-state index is -0.544. The number of hydrogen-bond acceptors (Lipinski definition) is 4. The van der Waals surface area contributed by atoms with Gasteiger partial charge in [0.15, 0.2) is 0 Å². The zero-order valence-electron chi connectivity index (χ0n) is 15.3. The molecular formula is C19H22FN3O3S. The summed E-state index contributed by atoms with van der Waals surface area (Å²) < 4.78 is 22.0. The number of fused-ring (bicyclic) bond motifs is 1. The molecule has 2 atom stereocenters. The molecule has 8 heteroatoms. The molecule has 2 N–H and O–H groups in total. The lowest BCUT2D eigenvalue weighted by atomic mass is 9.94. The Balaban J connectivity index is 1.83.